The van der Waals surface area contributed by atoms with Crippen LogP contribution in [0.2, 0.25) is 5.02 Å². The van der Waals surface area contributed by atoms with Gasteiger partial charge < -0.3 is 14.2 Å². The number of carbonyl (C=O) groups excluding carboxylic acids is 2. The van der Waals surface area contributed by atoms with Crippen LogP contribution in [0.3, 0.4) is 0 Å². The monoisotopic (exact) mass is 723 g/mol. The lowest BCUT2D eigenvalue weighted by molar-refractivity contribution is -0.138. The van der Waals surface area contributed by atoms with Crippen LogP contribution in [-0.4, -0.2) is 43.8 Å². The van der Waals surface area contributed by atoms with E-state index in [0.29, 0.717) is 36.0 Å². The molecule has 1 saturated heterocycles. The average Bonchev–Trinajstić information content (AvgIpc) is 3.31. The first-order valence-corrected chi connectivity index (χ1v) is 16.2. The number of esters is 1. The standard InChI is InChI=1S/C37H36ClF6NO5/c1-19-11-22(13-24(12-19)36(39,40)41)32-20(2)45(34(47)50-32)18-23-17-35(3,4)10-9-25(23)28-15-27(29(37(42,43)44)16-31(28)48-5)21-7-8-26(30(38)14-21)33(46)49-6/h7-8,11-16,20,32H,9-10,17-18H2,1-6H3/t20-,32-/m0/s1. The fourth-order valence-electron chi connectivity index (χ4n) is 6.81. The normalized spacial score (nSPS) is 19.5. The van der Waals surface area contributed by atoms with Crippen LogP contribution in [0.1, 0.15) is 84.3 Å². The van der Waals surface area contributed by atoms with Crippen molar-refractivity contribution in [3.63, 3.8) is 0 Å². The molecule has 6 nitrogen and oxygen atoms in total. The summed E-state index contributed by atoms with van der Waals surface area (Å²) in [5.74, 6) is -0.771. The molecule has 0 saturated carbocycles. The molecule has 50 heavy (non-hydrogen) atoms. The number of alkyl halides is 6. The number of nitrogens with zero attached hydrogens (tertiary/aromatic N) is 1. The van der Waals surface area contributed by atoms with Crippen molar-refractivity contribution in [3.8, 4) is 16.9 Å². The summed E-state index contributed by atoms with van der Waals surface area (Å²) in [6, 6.07) is 9.14. The predicted octanol–water partition coefficient (Wildman–Crippen LogP) is 10.7. The number of hydrogen-bond acceptors (Lipinski definition) is 5. The Labute approximate surface area is 290 Å². The lowest BCUT2D eigenvalue weighted by atomic mass is 9.72. The van der Waals surface area contributed by atoms with Gasteiger partial charge in [-0.25, -0.2) is 9.59 Å². The second-order valence-electron chi connectivity index (χ2n) is 13.5. The summed E-state index contributed by atoms with van der Waals surface area (Å²) >= 11 is 6.32. The first-order chi connectivity index (χ1) is 23.2. The molecule has 0 unspecified atom stereocenters. The van der Waals surface area contributed by atoms with Gasteiger partial charge in [0.05, 0.1) is 42.0 Å². The summed E-state index contributed by atoms with van der Waals surface area (Å²) < 4.78 is 100. The van der Waals surface area contributed by atoms with Gasteiger partial charge >= 0.3 is 24.4 Å². The van der Waals surface area contributed by atoms with E-state index >= 15 is 0 Å². The predicted molar refractivity (Wildman–Crippen MR) is 176 cm³/mol. The number of allylic oxidation sites excluding steroid dienone is 1. The molecular weight excluding hydrogens is 688 g/mol. The van der Waals surface area contributed by atoms with Crippen molar-refractivity contribution in [3.05, 3.63) is 92.5 Å². The second kappa shape index (κ2) is 13.5. The first kappa shape index (κ1) is 37.1. The van der Waals surface area contributed by atoms with Crippen LogP contribution < -0.4 is 4.74 Å². The number of aryl methyl sites for hydroxylation is 1. The Morgan fingerprint density at radius 2 is 1.70 bits per heavy atom. The number of hydrogen-bond donors (Lipinski definition) is 0. The maximum Gasteiger partial charge on any atom is 0.417 e. The van der Waals surface area contributed by atoms with Crippen LogP contribution in [0.15, 0.2) is 54.1 Å². The molecule has 1 amide bonds. The summed E-state index contributed by atoms with van der Waals surface area (Å²) in [6.45, 7) is 7.35. The summed E-state index contributed by atoms with van der Waals surface area (Å²) in [4.78, 5) is 26.9. The van der Waals surface area contributed by atoms with Crippen LogP contribution in [0.4, 0.5) is 31.1 Å². The number of rotatable bonds is 7. The zero-order chi connectivity index (χ0) is 36.9. The van der Waals surface area contributed by atoms with Crippen molar-refractivity contribution in [2.24, 2.45) is 5.41 Å². The SMILES string of the molecule is COC(=O)c1ccc(-c2cc(C3=C(CN4C(=O)O[C@H](c5cc(C)cc(C(F)(F)F)c5)[C@@H]4C)CC(C)(C)CC3)c(OC)cc2C(F)(F)F)cc1Cl. The van der Waals surface area contributed by atoms with Gasteiger partial charge in [0.2, 0.25) is 0 Å². The Kier molecular flexibility index (Phi) is 10.0. The van der Waals surface area contributed by atoms with E-state index in [1.165, 1.54) is 43.2 Å². The highest BCUT2D eigenvalue weighted by Crippen LogP contribution is 2.49. The zero-order valence-electron chi connectivity index (χ0n) is 28.2. The molecule has 0 N–H and O–H groups in total. The van der Waals surface area contributed by atoms with Crippen molar-refractivity contribution in [2.75, 3.05) is 20.8 Å². The lowest BCUT2D eigenvalue weighted by Crippen LogP contribution is -2.35. The highest BCUT2D eigenvalue weighted by atomic mass is 35.5. The van der Waals surface area contributed by atoms with E-state index in [1.54, 1.807) is 13.0 Å². The Balaban J connectivity index is 1.61. The third kappa shape index (κ3) is 7.45. The van der Waals surface area contributed by atoms with Crippen LogP contribution in [-0.2, 0) is 21.8 Å². The molecular formula is C37H36ClF6NO5. The lowest BCUT2D eigenvalue weighted by Gasteiger charge is -2.36. The number of benzene rings is 3. The quantitative estimate of drug-likeness (QED) is 0.179. The topological polar surface area (TPSA) is 65.1 Å². The van der Waals surface area contributed by atoms with Gasteiger partial charge in [0.25, 0.3) is 0 Å². The van der Waals surface area contributed by atoms with Gasteiger partial charge in [-0.2, -0.15) is 26.3 Å². The van der Waals surface area contributed by atoms with E-state index in [9.17, 15) is 35.9 Å². The van der Waals surface area contributed by atoms with E-state index in [-0.39, 0.29) is 45.0 Å². The van der Waals surface area contributed by atoms with E-state index in [0.717, 1.165) is 30.9 Å². The van der Waals surface area contributed by atoms with E-state index in [1.807, 2.05) is 13.8 Å². The largest absolute Gasteiger partial charge is 0.496 e. The molecule has 3 aromatic rings. The Morgan fingerprint density at radius 3 is 2.30 bits per heavy atom. The summed E-state index contributed by atoms with van der Waals surface area (Å²) in [5.41, 5.74) is 0.249. The fourth-order valence-corrected chi connectivity index (χ4v) is 7.07. The van der Waals surface area contributed by atoms with Gasteiger partial charge in [0.1, 0.15) is 11.9 Å². The smallest absolute Gasteiger partial charge is 0.417 e. The van der Waals surface area contributed by atoms with E-state index in [4.69, 9.17) is 25.8 Å². The minimum absolute atomic E-state index is 0.00932. The third-order valence-corrected chi connectivity index (χ3v) is 9.65. The van der Waals surface area contributed by atoms with Gasteiger partial charge in [-0.3, -0.25) is 4.90 Å². The molecule has 268 valence electrons. The van der Waals surface area contributed by atoms with Crippen molar-refractivity contribution < 1.29 is 50.1 Å². The molecule has 1 aliphatic carbocycles. The number of ether oxygens (including phenoxy) is 3. The summed E-state index contributed by atoms with van der Waals surface area (Å²) in [6.07, 6.45) is -9.47. The van der Waals surface area contributed by atoms with Crippen LogP contribution >= 0.6 is 11.6 Å². The van der Waals surface area contributed by atoms with Crippen molar-refractivity contribution in [2.45, 2.75) is 71.5 Å². The Hall–Kier alpha value is -4.19. The van der Waals surface area contributed by atoms with Gasteiger partial charge in [0.15, 0.2) is 0 Å². The summed E-state index contributed by atoms with van der Waals surface area (Å²) in [7, 11) is 2.44. The minimum Gasteiger partial charge on any atom is -0.496 e. The molecule has 0 bridgehead atoms. The van der Waals surface area contributed by atoms with E-state index < -0.39 is 47.7 Å². The number of methoxy groups -OCH3 is 2. The molecule has 0 aromatic heterocycles. The molecule has 2 atom stereocenters. The van der Waals surface area contributed by atoms with Crippen molar-refractivity contribution in [1.29, 1.82) is 0 Å². The maximum absolute atomic E-state index is 14.5. The number of carbonyl (C=O) groups is 2. The average molecular weight is 724 g/mol. The van der Waals surface area contributed by atoms with Gasteiger partial charge in [-0.1, -0.05) is 43.1 Å². The van der Waals surface area contributed by atoms with Gasteiger partial charge in [0, 0.05) is 12.1 Å². The molecule has 1 aliphatic heterocycles. The molecule has 5 rings (SSSR count). The molecule has 0 radical (unpaired) electrons. The molecule has 2 aliphatic rings. The molecule has 3 aromatic carbocycles. The van der Waals surface area contributed by atoms with Gasteiger partial charge in [-0.15, -0.1) is 0 Å². The maximum atomic E-state index is 14.5. The highest BCUT2D eigenvalue weighted by molar-refractivity contribution is 6.33. The molecule has 0 spiro atoms. The minimum atomic E-state index is -4.79. The van der Waals surface area contributed by atoms with Crippen molar-refractivity contribution >= 4 is 29.2 Å². The number of amides is 1. The second-order valence-corrected chi connectivity index (χ2v) is 13.9. The van der Waals surface area contributed by atoms with Crippen molar-refractivity contribution in [1.82, 2.24) is 4.90 Å². The Morgan fingerprint density at radius 1 is 1.00 bits per heavy atom. The zero-order valence-corrected chi connectivity index (χ0v) is 29.0. The third-order valence-electron chi connectivity index (χ3n) is 9.33. The first-order valence-electron chi connectivity index (χ1n) is 15.8. The molecule has 13 heteroatoms. The Bertz CT molecular complexity index is 1870. The molecule has 1 fully saturated rings. The highest BCUT2D eigenvalue weighted by Gasteiger charge is 2.43. The summed E-state index contributed by atoms with van der Waals surface area (Å²) in [5, 5.41) is -0.0915. The molecule has 1 heterocycles. The van der Waals surface area contributed by atoms with Crippen LogP contribution in [0, 0.1) is 12.3 Å². The number of halogens is 7. The van der Waals surface area contributed by atoms with Crippen LogP contribution in [0.5, 0.6) is 5.75 Å². The van der Waals surface area contributed by atoms with Crippen LogP contribution in [0.25, 0.3) is 16.7 Å². The van der Waals surface area contributed by atoms with Gasteiger partial charge in [-0.05, 0) is 103 Å². The fraction of sp³-hybridized carbons (Fsp3) is 0.405. The number of cyclic esters (lactones) is 1. The van der Waals surface area contributed by atoms with E-state index in [2.05, 4.69) is 0 Å².